The van der Waals surface area contributed by atoms with Gasteiger partial charge in [-0.1, -0.05) is 0 Å². The number of hydrogen-bond donors (Lipinski definition) is 2. The van der Waals surface area contributed by atoms with Crippen LogP contribution in [0.3, 0.4) is 0 Å². The zero-order valence-electron chi connectivity index (χ0n) is 15.7. The molecule has 1 fully saturated rings. The van der Waals surface area contributed by atoms with Gasteiger partial charge >= 0.3 is 0 Å². The molecule has 7 heteroatoms. The van der Waals surface area contributed by atoms with Gasteiger partial charge in [0.15, 0.2) is 0 Å². The van der Waals surface area contributed by atoms with Gasteiger partial charge in [-0.25, -0.2) is 4.39 Å². The molecule has 1 saturated heterocycles. The average Bonchev–Trinajstić information content (AvgIpc) is 3.37. The third-order valence-electron chi connectivity index (χ3n) is 5.36. The maximum atomic E-state index is 13.2. The minimum atomic E-state index is -0.238. The van der Waals surface area contributed by atoms with E-state index in [-0.39, 0.29) is 12.4 Å². The monoisotopic (exact) mass is 400 g/mol. The van der Waals surface area contributed by atoms with E-state index < -0.39 is 0 Å². The Labute approximate surface area is 168 Å². The summed E-state index contributed by atoms with van der Waals surface area (Å²) in [4.78, 5) is 4.90. The summed E-state index contributed by atoms with van der Waals surface area (Å²) < 4.78 is 13.2. The number of halogens is 1. The number of rotatable bonds is 7. The molecule has 0 radical (unpaired) electrons. The van der Waals surface area contributed by atoms with E-state index >= 15 is 0 Å². The van der Waals surface area contributed by atoms with Gasteiger partial charge in [-0.05, 0) is 53.1 Å². The van der Waals surface area contributed by atoms with Crippen molar-refractivity contribution in [2.45, 2.75) is 25.6 Å². The summed E-state index contributed by atoms with van der Waals surface area (Å²) >= 11 is 1.73. The first-order valence-corrected chi connectivity index (χ1v) is 10.5. The lowest BCUT2D eigenvalue weighted by Gasteiger charge is -2.41. The molecule has 28 heavy (non-hydrogen) atoms. The molecule has 3 aromatic rings. The molecule has 5 nitrogen and oxygen atoms in total. The third kappa shape index (κ3) is 4.50. The highest BCUT2D eigenvalue weighted by molar-refractivity contribution is 7.07. The Morgan fingerprint density at radius 1 is 1.18 bits per heavy atom. The van der Waals surface area contributed by atoms with Gasteiger partial charge in [0.25, 0.3) is 0 Å². The lowest BCUT2D eigenvalue weighted by atomic mass is 10.0. The van der Waals surface area contributed by atoms with Crippen molar-refractivity contribution in [2.75, 3.05) is 26.2 Å². The van der Waals surface area contributed by atoms with Crippen LogP contribution in [-0.4, -0.2) is 57.4 Å². The van der Waals surface area contributed by atoms with E-state index in [2.05, 4.69) is 36.8 Å². The first-order valence-electron chi connectivity index (χ1n) is 9.59. The molecule has 1 atom stereocenters. The molecule has 2 N–H and O–H groups in total. The molecule has 0 spiro atoms. The Morgan fingerprint density at radius 3 is 2.79 bits per heavy atom. The number of hydrogen-bond acceptors (Lipinski definition) is 5. The van der Waals surface area contributed by atoms with Crippen LogP contribution >= 0.6 is 11.3 Å². The molecule has 4 rings (SSSR count). The van der Waals surface area contributed by atoms with E-state index in [1.54, 1.807) is 23.5 Å². The highest BCUT2D eigenvalue weighted by Gasteiger charge is 2.27. The number of aromatic amines is 1. The average molecular weight is 401 g/mol. The maximum Gasteiger partial charge on any atom is 0.123 e. The lowest BCUT2D eigenvalue weighted by molar-refractivity contribution is 0.0501. The normalized spacial score (nSPS) is 18.6. The fourth-order valence-electron chi connectivity index (χ4n) is 3.89. The van der Waals surface area contributed by atoms with Crippen molar-refractivity contribution in [3.05, 3.63) is 64.2 Å². The number of aliphatic hydroxyl groups excluding tert-OH is 1. The molecule has 0 aliphatic carbocycles. The van der Waals surface area contributed by atoms with Crippen LogP contribution in [0.5, 0.6) is 0 Å². The summed E-state index contributed by atoms with van der Waals surface area (Å²) in [5.41, 5.74) is 4.34. The molecule has 148 valence electrons. The Morgan fingerprint density at radius 2 is 2.04 bits per heavy atom. The van der Waals surface area contributed by atoms with E-state index in [0.29, 0.717) is 6.04 Å². The SMILES string of the molecule is OCC[C@@H]1CN(Cc2cn[nH]c2-c2ccc(F)cc2)CCN1Cc1ccsc1. The highest BCUT2D eigenvalue weighted by atomic mass is 32.1. The summed E-state index contributed by atoms with van der Waals surface area (Å²) in [6.45, 7) is 4.79. The predicted octanol–water partition coefficient (Wildman–Crippen LogP) is 3.35. The molecule has 0 saturated carbocycles. The number of aromatic nitrogens is 2. The molecule has 1 aromatic carbocycles. The Hall–Kier alpha value is -2.06. The van der Waals surface area contributed by atoms with E-state index in [0.717, 1.165) is 56.0 Å². The van der Waals surface area contributed by atoms with Crippen LogP contribution in [0.2, 0.25) is 0 Å². The summed E-state index contributed by atoms with van der Waals surface area (Å²) in [6.07, 6.45) is 2.63. The Bertz CT molecular complexity index is 865. The van der Waals surface area contributed by atoms with Gasteiger partial charge in [0.05, 0.1) is 11.9 Å². The molecular formula is C21H25FN4OS. The van der Waals surface area contributed by atoms with Gasteiger partial charge < -0.3 is 5.11 Å². The Kier molecular flexibility index (Phi) is 6.17. The summed E-state index contributed by atoms with van der Waals surface area (Å²) in [6, 6.07) is 9.01. The van der Waals surface area contributed by atoms with Crippen molar-refractivity contribution in [1.29, 1.82) is 0 Å². The summed E-state index contributed by atoms with van der Waals surface area (Å²) in [5.74, 6) is -0.238. The van der Waals surface area contributed by atoms with Crippen LogP contribution in [-0.2, 0) is 13.1 Å². The standard InChI is InChI=1S/C21H25FN4OS/c22-19-3-1-17(2-4-19)21-18(11-23-24-21)13-25-7-8-26(20(14-25)5-9-27)12-16-6-10-28-15-16/h1-4,6,10-11,15,20,27H,5,7-9,12-14H2,(H,23,24)/t20-/m1/s1. The topological polar surface area (TPSA) is 55.4 Å². The van der Waals surface area contributed by atoms with Crippen molar-refractivity contribution in [3.8, 4) is 11.3 Å². The van der Waals surface area contributed by atoms with Crippen LogP contribution < -0.4 is 0 Å². The number of thiophene rings is 1. The van der Waals surface area contributed by atoms with Crippen molar-refractivity contribution in [1.82, 2.24) is 20.0 Å². The van der Waals surface area contributed by atoms with Gasteiger partial charge in [0.2, 0.25) is 0 Å². The molecule has 0 bridgehead atoms. The van der Waals surface area contributed by atoms with Crippen molar-refractivity contribution in [3.63, 3.8) is 0 Å². The molecule has 2 aromatic heterocycles. The zero-order chi connectivity index (χ0) is 19.3. The predicted molar refractivity (Wildman–Crippen MR) is 109 cm³/mol. The van der Waals surface area contributed by atoms with Crippen molar-refractivity contribution < 1.29 is 9.50 Å². The van der Waals surface area contributed by atoms with E-state index in [1.807, 2.05) is 6.20 Å². The minimum absolute atomic E-state index is 0.200. The fraction of sp³-hybridized carbons (Fsp3) is 0.381. The van der Waals surface area contributed by atoms with Crippen LogP contribution in [0, 0.1) is 5.82 Å². The number of aliphatic hydroxyl groups is 1. The second-order valence-corrected chi connectivity index (χ2v) is 8.06. The number of nitrogens with one attached hydrogen (secondary N) is 1. The number of piperazine rings is 1. The van der Waals surface area contributed by atoms with Crippen LogP contribution in [0.1, 0.15) is 17.5 Å². The van der Waals surface area contributed by atoms with Gasteiger partial charge in [-0.15, -0.1) is 0 Å². The van der Waals surface area contributed by atoms with Gasteiger partial charge in [0, 0.05) is 56.5 Å². The highest BCUT2D eigenvalue weighted by Crippen LogP contribution is 2.25. The molecule has 1 aliphatic rings. The van der Waals surface area contributed by atoms with E-state index in [1.165, 1.54) is 17.7 Å². The van der Waals surface area contributed by atoms with Gasteiger partial charge in [0.1, 0.15) is 5.82 Å². The number of nitrogens with zero attached hydrogens (tertiary/aromatic N) is 3. The molecule has 0 unspecified atom stereocenters. The summed E-state index contributed by atoms with van der Waals surface area (Å²) in [5, 5.41) is 21.1. The summed E-state index contributed by atoms with van der Waals surface area (Å²) in [7, 11) is 0. The minimum Gasteiger partial charge on any atom is -0.396 e. The van der Waals surface area contributed by atoms with Gasteiger partial charge in [-0.2, -0.15) is 16.4 Å². The zero-order valence-corrected chi connectivity index (χ0v) is 16.5. The van der Waals surface area contributed by atoms with Crippen molar-refractivity contribution in [2.24, 2.45) is 0 Å². The molecular weight excluding hydrogens is 375 g/mol. The largest absolute Gasteiger partial charge is 0.396 e. The molecule has 3 heterocycles. The first kappa shape index (κ1) is 19.3. The van der Waals surface area contributed by atoms with Crippen LogP contribution in [0.4, 0.5) is 4.39 Å². The second kappa shape index (κ2) is 8.96. The number of H-pyrrole nitrogens is 1. The van der Waals surface area contributed by atoms with Crippen LogP contribution in [0.15, 0.2) is 47.3 Å². The van der Waals surface area contributed by atoms with E-state index in [4.69, 9.17) is 0 Å². The smallest absolute Gasteiger partial charge is 0.123 e. The quantitative estimate of drug-likeness (QED) is 0.639. The van der Waals surface area contributed by atoms with E-state index in [9.17, 15) is 9.50 Å². The lowest BCUT2D eigenvalue weighted by Crippen LogP contribution is -2.52. The second-order valence-electron chi connectivity index (χ2n) is 7.28. The number of benzene rings is 1. The molecule has 0 amide bonds. The van der Waals surface area contributed by atoms with Crippen LogP contribution in [0.25, 0.3) is 11.3 Å². The third-order valence-corrected chi connectivity index (χ3v) is 6.09. The maximum absolute atomic E-state index is 13.2. The molecule has 1 aliphatic heterocycles. The fourth-order valence-corrected chi connectivity index (χ4v) is 4.55. The first-order chi connectivity index (χ1) is 13.7. The van der Waals surface area contributed by atoms with Gasteiger partial charge in [-0.3, -0.25) is 14.9 Å². The Balaban J connectivity index is 1.43. The van der Waals surface area contributed by atoms with Crippen molar-refractivity contribution >= 4 is 11.3 Å².